The summed E-state index contributed by atoms with van der Waals surface area (Å²) in [6, 6.07) is 10.8. The van der Waals surface area contributed by atoms with Crippen LogP contribution in [-0.2, 0) is 19.5 Å². The van der Waals surface area contributed by atoms with Crippen molar-refractivity contribution in [1.29, 1.82) is 0 Å². The Kier molecular flexibility index (Phi) is 7.70. The molecule has 1 N–H and O–H groups in total. The lowest BCUT2D eigenvalue weighted by atomic mass is 9.99. The molecule has 0 atom stereocenters. The molecule has 1 heterocycles. The highest BCUT2D eigenvalue weighted by Gasteiger charge is 2.21. The molecule has 0 unspecified atom stereocenters. The summed E-state index contributed by atoms with van der Waals surface area (Å²) >= 11 is 0. The molecular weight excluding hydrogens is 460 g/mol. The Morgan fingerprint density at radius 3 is 2.44 bits per heavy atom. The molecule has 146 valence electrons. The second-order valence-electron chi connectivity index (χ2n) is 6.14. The normalized spacial score (nSPS) is 13.5. The summed E-state index contributed by atoms with van der Waals surface area (Å²) in [7, 11) is 5.03. The number of ether oxygens (including phenoxy) is 2. The Balaban J connectivity index is 0.00000261. The van der Waals surface area contributed by atoms with Crippen molar-refractivity contribution in [3.8, 4) is 11.5 Å². The van der Waals surface area contributed by atoms with E-state index < -0.39 is 0 Å². The average Bonchev–Trinajstić information content (AvgIpc) is 2.68. The number of hydrogen-bond donors (Lipinski definition) is 1. The van der Waals surface area contributed by atoms with E-state index in [2.05, 4.69) is 15.2 Å². The number of nitrogens with zero attached hydrogens (tertiary/aromatic N) is 2. The smallest absolute Gasteiger partial charge is 0.194 e. The zero-order valence-electron chi connectivity index (χ0n) is 15.8. The van der Waals surface area contributed by atoms with Crippen LogP contribution in [0.5, 0.6) is 11.5 Å². The summed E-state index contributed by atoms with van der Waals surface area (Å²) in [5.74, 6) is 2.02. The summed E-state index contributed by atoms with van der Waals surface area (Å²) in [6.07, 6.45) is 0.885. The van der Waals surface area contributed by atoms with E-state index in [-0.39, 0.29) is 29.8 Å². The van der Waals surface area contributed by atoms with Crippen LogP contribution in [0, 0.1) is 5.82 Å². The average molecular weight is 485 g/mol. The number of methoxy groups -OCH3 is 2. The molecule has 1 aliphatic heterocycles. The van der Waals surface area contributed by atoms with Gasteiger partial charge in [-0.25, -0.2) is 4.39 Å². The summed E-state index contributed by atoms with van der Waals surface area (Å²) in [5, 5.41) is 3.26. The number of benzene rings is 2. The maximum Gasteiger partial charge on any atom is 0.194 e. The molecule has 0 saturated carbocycles. The number of fused-ring (bicyclic) bond motifs is 1. The van der Waals surface area contributed by atoms with Crippen molar-refractivity contribution in [2.24, 2.45) is 4.99 Å². The molecule has 5 nitrogen and oxygen atoms in total. The van der Waals surface area contributed by atoms with Gasteiger partial charge in [-0.3, -0.25) is 4.99 Å². The van der Waals surface area contributed by atoms with Crippen LogP contribution in [-0.4, -0.2) is 38.7 Å². The number of halogens is 2. The highest BCUT2D eigenvalue weighted by Crippen LogP contribution is 2.33. The van der Waals surface area contributed by atoms with Crippen LogP contribution in [0.1, 0.15) is 16.7 Å². The lowest BCUT2D eigenvalue weighted by Gasteiger charge is -2.32. The highest BCUT2D eigenvalue weighted by molar-refractivity contribution is 14.0. The minimum atomic E-state index is -0.212. The van der Waals surface area contributed by atoms with Gasteiger partial charge in [-0.2, -0.15) is 0 Å². The van der Waals surface area contributed by atoms with Gasteiger partial charge in [0.2, 0.25) is 0 Å². The molecule has 1 aliphatic rings. The molecule has 2 aromatic rings. The van der Waals surface area contributed by atoms with Crippen LogP contribution in [0.3, 0.4) is 0 Å². The van der Waals surface area contributed by atoms with Gasteiger partial charge < -0.3 is 19.7 Å². The second kappa shape index (κ2) is 9.77. The van der Waals surface area contributed by atoms with Crippen LogP contribution >= 0.6 is 24.0 Å². The Labute approximate surface area is 176 Å². The number of rotatable bonds is 4. The van der Waals surface area contributed by atoms with Crippen molar-refractivity contribution in [3.63, 3.8) is 0 Å². The molecular formula is C20H25FIN3O2. The summed E-state index contributed by atoms with van der Waals surface area (Å²) in [4.78, 5) is 6.52. The fourth-order valence-corrected chi connectivity index (χ4v) is 3.21. The second-order valence-corrected chi connectivity index (χ2v) is 6.14. The third-order valence-corrected chi connectivity index (χ3v) is 4.62. The molecule has 3 rings (SSSR count). The van der Waals surface area contributed by atoms with Crippen molar-refractivity contribution >= 4 is 29.9 Å². The van der Waals surface area contributed by atoms with Crippen molar-refractivity contribution < 1.29 is 13.9 Å². The molecule has 0 aliphatic carbocycles. The van der Waals surface area contributed by atoms with E-state index in [0.29, 0.717) is 18.7 Å². The van der Waals surface area contributed by atoms with Gasteiger partial charge in [0, 0.05) is 32.2 Å². The third kappa shape index (κ3) is 4.82. The van der Waals surface area contributed by atoms with Gasteiger partial charge in [0.15, 0.2) is 17.5 Å². The Bertz CT molecular complexity index is 814. The van der Waals surface area contributed by atoms with E-state index in [1.807, 2.05) is 18.2 Å². The molecule has 0 fully saturated rings. The van der Waals surface area contributed by atoms with Crippen molar-refractivity contribution in [3.05, 3.63) is 58.9 Å². The monoisotopic (exact) mass is 485 g/mol. The predicted octanol–water partition coefficient (Wildman–Crippen LogP) is 3.59. The van der Waals surface area contributed by atoms with Crippen molar-refractivity contribution in [2.45, 2.75) is 19.5 Å². The molecule has 0 radical (unpaired) electrons. The van der Waals surface area contributed by atoms with Crippen LogP contribution in [0.15, 0.2) is 41.4 Å². The number of aliphatic imine (C=N–C) groups is 1. The Morgan fingerprint density at radius 1 is 1.15 bits per heavy atom. The zero-order chi connectivity index (χ0) is 18.5. The Morgan fingerprint density at radius 2 is 1.81 bits per heavy atom. The van der Waals surface area contributed by atoms with E-state index in [1.54, 1.807) is 33.4 Å². The fourth-order valence-electron chi connectivity index (χ4n) is 3.21. The lowest BCUT2D eigenvalue weighted by Crippen LogP contribution is -2.43. The minimum absolute atomic E-state index is 0. The van der Waals surface area contributed by atoms with Gasteiger partial charge >= 0.3 is 0 Å². The van der Waals surface area contributed by atoms with Crippen LogP contribution in [0.25, 0.3) is 0 Å². The third-order valence-electron chi connectivity index (χ3n) is 4.62. The molecule has 0 bridgehead atoms. The molecule has 27 heavy (non-hydrogen) atoms. The van der Waals surface area contributed by atoms with E-state index in [0.717, 1.165) is 30.4 Å². The fraction of sp³-hybridized carbons (Fsp3) is 0.350. The van der Waals surface area contributed by atoms with E-state index in [4.69, 9.17) is 9.47 Å². The molecule has 0 saturated heterocycles. The Hall–Kier alpha value is -2.03. The van der Waals surface area contributed by atoms with E-state index in [9.17, 15) is 4.39 Å². The highest BCUT2D eigenvalue weighted by atomic mass is 127. The first-order valence-corrected chi connectivity index (χ1v) is 8.59. The van der Waals surface area contributed by atoms with Crippen molar-refractivity contribution in [1.82, 2.24) is 10.2 Å². The standard InChI is InChI=1S/C20H24FN3O2.HI/c1-22-20(23-12-15-6-4-5-7-17(15)21)24-9-8-14-10-18(25-2)19(26-3)11-16(14)13-24;/h4-7,10-11H,8-9,12-13H2,1-3H3,(H,22,23);1H. The van der Waals surface area contributed by atoms with Gasteiger partial charge in [0.1, 0.15) is 5.82 Å². The topological polar surface area (TPSA) is 46.1 Å². The molecule has 7 heteroatoms. The van der Waals surface area contributed by atoms with Gasteiger partial charge in [-0.15, -0.1) is 24.0 Å². The minimum Gasteiger partial charge on any atom is -0.493 e. The van der Waals surface area contributed by atoms with Gasteiger partial charge in [-0.05, 0) is 35.7 Å². The van der Waals surface area contributed by atoms with Crippen molar-refractivity contribution in [2.75, 3.05) is 27.8 Å². The summed E-state index contributed by atoms with van der Waals surface area (Å²) in [5.41, 5.74) is 3.06. The first kappa shape index (κ1) is 21.3. The first-order chi connectivity index (χ1) is 12.7. The van der Waals surface area contributed by atoms with E-state index >= 15 is 0 Å². The number of guanidine groups is 1. The molecule has 0 aromatic heterocycles. The van der Waals surface area contributed by atoms with Gasteiger partial charge in [-0.1, -0.05) is 18.2 Å². The number of hydrogen-bond acceptors (Lipinski definition) is 3. The van der Waals surface area contributed by atoms with Crippen LogP contribution in [0.4, 0.5) is 4.39 Å². The first-order valence-electron chi connectivity index (χ1n) is 8.59. The molecule has 0 amide bonds. The summed E-state index contributed by atoms with van der Waals surface area (Å²) < 4.78 is 24.6. The van der Waals surface area contributed by atoms with Crippen LogP contribution in [0.2, 0.25) is 0 Å². The van der Waals surface area contributed by atoms with Crippen LogP contribution < -0.4 is 14.8 Å². The zero-order valence-corrected chi connectivity index (χ0v) is 18.1. The molecule has 2 aromatic carbocycles. The largest absolute Gasteiger partial charge is 0.493 e. The van der Waals surface area contributed by atoms with Gasteiger partial charge in [0.05, 0.1) is 14.2 Å². The maximum atomic E-state index is 13.8. The summed E-state index contributed by atoms with van der Waals surface area (Å²) in [6.45, 7) is 1.95. The number of nitrogens with one attached hydrogen (secondary N) is 1. The van der Waals surface area contributed by atoms with Gasteiger partial charge in [0.25, 0.3) is 0 Å². The lowest BCUT2D eigenvalue weighted by molar-refractivity contribution is 0.346. The quantitative estimate of drug-likeness (QED) is 0.409. The maximum absolute atomic E-state index is 13.8. The predicted molar refractivity (Wildman–Crippen MR) is 116 cm³/mol. The SMILES string of the molecule is CN=C(NCc1ccccc1F)N1CCc2cc(OC)c(OC)cc2C1.I. The molecule has 0 spiro atoms. The van der Waals surface area contributed by atoms with E-state index in [1.165, 1.54) is 17.2 Å².